The van der Waals surface area contributed by atoms with Crippen LogP contribution in [0.4, 0.5) is 0 Å². The molecule has 1 amide bonds. The fourth-order valence-electron chi connectivity index (χ4n) is 3.49. The lowest BCUT2D eigenvalue weighted by Gasteiger charge is -2.29. The first-order valence-electron chi connectivity index (χ1n) is 8.81. The summed E-state index contributed by atoms with van der Waals surface area (Å²) in [6, 6.07) is 8.50. The van der Waals surface area contributed by atoms with Crippen LogP contribution in [0.1, 0.15) is 25.3 Å². The number of carbonyl (C=O) groups excluding carboxylic acids is 1. The van der Waals surface area contributed by atoms with Gasteiger partial charge in [-0.2, -0.15) is 0 Å². The predicted octanol–water partition coefficient (Wildman–Crippen LogP) is -0.462. The molecular formula is C18H28ClN3O+2. The highest BCUT2D eigenvalue weighted by Crippen LogP contribution is 2.32. The summed E-state index contributed by atoms with van der Waals surface area (Å²) < 4.78 is 0. The number of rotatable bonds is 6. The Hall–Kier alpha value is -1.10. The third-order valence-corrected chi connectivity index (χ3v) is 5.37. The molecule has 1 aromatic rings. The third kappa shape index (κ3) is 5.20. The zero-order chi connectivity index (χ0) is 16.2. The van der Waals surface area contributed by atoms with Gasteiger partial charge in [-0.15, -0.1) is 0 Å². The molecule has 2 fully saturated rings. The first-order valence-corrected chi connectivity index (χ1v) is 9.19. The van der Waals surface area contributed by atoms with Crippen LogP contribution in [0.15, 0.2) is 24.3 Å². The number of amides is 1. The van der Waals surface area contributed by atoms with Crippen molar-refractivity contribution in [3.05, 3.63) is 34.9 Å². The maximum Gasteiger partial charge on any atom is 0.275 e. The van der Waals surface area contributed by atoms with Crippen LogP contribution in [-0.4, -0.2) is 44.7 Å². The highest BCUT2D eigenvalue weighted by atomic mass is 35.5. The normalized spacial score (nSPS) is 25.8. The number of carbonyl (C=O) groups is 1. The van der Waals surface area contributed by atoms with Gasteiger partial charge in [0.15, 0.2) is 6.54 Å². The number of quaternary nitrogens is 2. The van der Waals surface area contributed by atoms with E-state index in [1.54, 1.807) is 4.90 Å². The quantitative estimate of drug-likeness (QED) is 0.645. The van der Waals surface area contributed by atoms with Crippen molar-refractivity contribution in [3.8, 4) is 0 Å². The van der Waals surface area contributed by atoms with Crippen molar-refractivity contribution in [3.63, 3.8) is 0 Å². The van der Waals surface area contributed by atoms with Crippen molar-refractivity contribution in [2.75, 3.05) is 32.7 Å². The molecular weight excluding hydrogens is 310 g/mol. The Kier molecular flexibility index (Phi) is 5.57. The highest BCUT2D eigenvalue weighted by molar-refractivity contribution is 6.30. The number of nitrogens with one attached hydrogen (secondary N) is 3. The molecule has 1 saturated heterocycles. The molecule has 0 unspecified atom stereocenters. The molecule has 1 aromatic carbocycles. The molecule has 23 heavy (non-hydrogen) atoms. The molecule has 1 atom stereocenters. The van der Waals surface area contributed by atoms with E-state index in [-0.39, 0.29) is 5.91 Å². The first kappa shape index (κ1) is 16.7. The van der Waals surface area contributed by atoms with Gasteiger partial charge in [0.25, 0.3) is 5.91 Å². The average molecular weight is 338 g/mol. The van der Waals surface area contributed by atoms with E-state index in [1.165, 1.54) is 23.3 Å². The van der Waals surface area contributed by atoms with Crippen molar-refractivity contribution in [1.82, 2.24) is 5.32 Å². The Balaban J connectivity index is 1.38. The van der Waals surface area contributed by atoms with Gasteiger partial charge in [-0.1, -0.05) is 23.7 Å². The van der Waals surface area contributed by atoms with Gasteiger partial charge in [0.1, 0.15) is 32.7 Å². The summed E-state index contributed by atoms with van der Waals surface area (Å²) in [6.07, 6.45) is 2.56. The molecule has 3 rings (SSSR count). The Labute approximate surface area is 143 Å². The lowest BCUT2D eigenvalue weighted by atomic mass is 10.2. The van der Waals surface area contributed by atoms with Gasteiger partial charge in [0.2, 0.25) is 0 Å². The Bertz CT molecular complexity index is 539. The van der Waals surface area contributed by atoms with Crippen LogP contribution in [0.25, 0.3) is 0 Å². The molecule has 2 aliphatic rings. The summed E-state index contributed by atoms with van der Waals surface area (Å²) in [5.41, 5.74) is 1.30. The average Bonchev–Trinajstić information content (AvgIpc) is 3.34. The van der Waals surface area contributed by atoms with E-state index < -0.39 is 0 Å². The van der Waals surface area contributed by atoms with Gasteiger partial charge in [-0.05, 0) is 37.8 Å². The molecule has 0 bridgehead atoms. The molecule has 1 aliphatic heterocycles. The van der Waals surface area contributed by atoms with Crippen LogP contribution >= 0.6 is 11.6 Å². The van der Waals surface area contributed by atoms with Gasteiger partial charge < -0.3 is 15.1 Å². The molecule has 0 aromatic heterocycles. The minimum Gasteiger partial charge on any atom is -0.348 e. The van der Waals surface area contributed by atoms with Crippen molar-refractivity contribution in [2.45, 2.75) is 32.4 Å². The van der Waals surface area contributed by atoms with Crippen molar-refractivity contribution >= 4 is 17.5 Å². The number of halogens is 1. The summed E-state index contributed by atoms with van der Waals surface area (Å²) in [6.45, 7) is 8.17. The van der Waals surface area contributed by atoms with E-state index in [0.29, 0.717) is 12.6 Å². The topological polar surface area (TPSA) is 38.0 Å². The monoisotopic (exact) mass is 337 g/mol. The Morgan fingerprint density at radius 2 is 1.96 bits per heavy atom. The van der Waals surface area contributed by atoms with E-state index in [1.807, 2.05) is 12.1 Å². The summed E-state index contributed by atoms with van der Waals surface area (Å²) in [5, 5.41) is 3.98. The summed E-state index contributed by atoms with van der Waals surface area (Å²) in [4.78, 5) is 15.1. The van der Waals surface area contributed by atoms with Crippen LogP contribution in [0.2, 0.25) is 5.02 Å². The van der Waals surface area contributed by atoms with Crippen LogP contribution in [0, 0.1) is 5.92 Å². The SMILES string of the molecule is C[C@@H](NC(=O)C[NH+]1CC[NH+](Cc2cccc(Cl)c2)CC1)C1CC1. The molecule has 5 heteroatoms. The van der Waals surface area contributed by atoms with Gasteiger partial charge in [-0.3, -0.25) is 4.79 Å². The summed E-state index contributed by atoms with van der Waals surface area (Å²) >= 11 is 6.05. The molecule has 1 heterocycles. The lowest BCUT2D eigenvalue weighted by molar-refractivity contribution is -1.02. The van der Waals surface area contributed by atoms with Crippen LogP contribution in [0.3, 0.4) is 0 Å². The molecule has 4 nitrogen and oxygen atoms in total. The summed E-state index contributed by atoms with van der Waals surface area (Å²) in [5.74, 6) is 0.950. The van der Waals surface area contributed by atoms with Crippen LogP contribution in [0.5, 0.6) is 0 Å². The number of piperazine rings is 1. The lowest BCUT2D eigenvalue weighted by Crippen LogP contribution is -3.28. The molecule has 0 spiro atoms. The number of benzene rings is 1. The number of hydrogen-bond donors (Lipinski definition) is 3. The molecule has 0 radical (unpaired) electrons. The van der Waals surface area contributed by atoms with Gasteiger partial charge >= 0.3 is 0 Å². The van der Waals surface area contributed by atoms with E-state index in [2.05, 4.69) is 24.4 Å². The van der Waals surface area contributed by atoms with Crippen molar-refractivity contribution in [2.24, 2.45) is 5.92 Å². The van der Waals surface area contributed by atoms with Crippen molar-refractivity contribution in [1.29, 1.82) is 0 Å². The van der Waals surface area contributed by atoms with E-state index in [0.717, 1.165) is 43.7 Å². The molecule has 1 aliphatic carbocycles. The fraction of sp³-hybridized carbons (Fsp3) is 0.611. The van der Waals surface area contributed by atoms with E-state index >= 15 is 0 Å². The smallest absolute Gasteiger partial charge is 0.275 e. The summed E-state index contributed by atoms with van der Waals surface area (Å²) in [7, 11) is 0. The zero-order valence-corrected chi connectivity index (χ0v) is 14.7. The van der Waals surface area contributed by atoms with Crippen LogP contribution in [-0.2, 0) is 11.3 Å². The molecule has 1 saturated carbocycles. The number of hydrogen-bond acceptors (Lipinski definition) is 1. The second-order valence-corrected chi connectivity index (χ2v) is 7.61. The third-order valence-electron chi connectivity index (χ3n) is 5.14. The van der Waals surface area contributed by atoms with Crippen molar-refractivity contribution < 1.29 is 14.6 Å². The van der Waals surface area contributed by atoms with E-state index in [9.17, 15) is 4.79 Å². The second-order valence-electron chi connectivity index (χ2n) is 7.18. The Morgan fingerprint density at radius 3 is 2.61 bits per heavy atom. The second kappa shape index (κ2) is 7.65. The maximum atomic E-state index is 12.1. The molecule has 3 N–H and O–H groups in total. The molecule has 126 valence electrons. The van der Waals surface area contributed by atoms with Gasteiger partial charge in [-0.25, -0.2) is 0 Å². The fourth-order valence-corrected chi connectivity index (χ4v) is 3.71. The van der Waals surface area contributed by atoms with Gasteiger partial charge in [0.05, 0.1) is 0 Å². The van der Waals surface area contributed by atoms with E-state index in [4.69, 9.17) is 11.6 Å². The zero-order valence-electron chi connectivity index (χ0n) is 13.9. The minimum absolute atomic E-state index is 0.220. The van der Waals surface area contributed by atoms with Crippen LogP contribution < -0.4 is 15.1 Å². The van der Waals surface area contributed by atoms with Gasteiger partial charge in [0, 0.05) is 16.6 Å². The highest BCUT2D eigenvalue weighted by Gasteiger charge is 2.30. The first-order chi connectivity index (χ1) is 11.1. The standard InChI is InChI=1S/C18H26ClN3O/c1-14(16-5-6-16)20-18(23)13-22-9-7-21(8-10-22)12-15-3-2-4-17(19)11-15/h2-4,11,14,16H,5-10,12-13H2,1H3,(H,20,23)/p+2/t14-/m1/s1. The Morgan fingerprint density at radius 1 is 1.26 bits per heavy atom. The predicted molar refractivity (Wildman–Crippen MR) is 91.7 cm³/mol. The largest absolute Gasteiger partial charge is 0.348 e. The minimum atomic E-state index is 0.220. The maximum absolute atomic E-state index is 12.1.